The van der Waals surface area contributed by atoms with Crippen molar-refractivity contribution in [3.63, 3.8) is 0 Å². The van der Waals surface area contributed by atoms with Crippen molar-refractivity contribution in [2.45, 2.75) is 39.2 Å². The van der Waals surface area contributed by atoms with Gasteiger partial charge in [0.05, 0.1) is 7.11 Å². The van der Waals surface area contributed by atoms with Crippen molar-refractivity contribution in [3.8, 4) is 0 Å². The Bertz CT molecular complexity index is 242. The van der Waals surface area contributed by atoms with E-state index in [1.54, 1.807) is 11.9 Å². The van der Waals surface area contributed by atoms with Crippen molar-refractivity contribution in [2.75, 3.05) is 27.2 Å². The third kappa shape index (κ3) is 8.68. The summed E-state index contributed by atoms with van der Waals surface area (Å²) in [5.41, 5.74) is 0. The monoisotopic (exact) mass is 244 g/mol. The van der Waals surface area contributed by atoms with Gasteiger partial charge >= 0.3 is 5.97 Å². The topological polar surface area (TPSA) is 58.6 Å². The van der Waals surface area contributed by atoms with Gasteiger partial charge in [0, 0.05) is 39.0 Å². The van der Waals surface area contributed by atoms with E-state index in [1.807, 2.05) is 13.8 Å². The Morgan fingerprint density at radius 1 is 1.29 bits per heavy atom. The minimum Gasteiger partial charge on any atom is -0.469 e. The average molecular weight is 244 g/mol. The quantitative estimate of drug-likeness (QED) is 0.641. The van der Waals surface area contributed by atoms with Gasteiger partial charge in [0.1, 0.15) is 0 Å². The molecule has 0 fully saturated rings. The number of esters is 1. The van der Waals surface area contributed by atoms with Crippen LogP contribution in [0.5, 0.6) is 0 Å². The average Bonchev–Trinajstić information content (AvgIpc) is 2.27. The number of hydrogen-bond donors (Lipinski definition) is 1. The first kappa shape index (κ1) is 15.9. The van der Waals surface area contributed by atoms with Gasteiger partial charge in [0.15, 0.2) is 0 Å². The molecular formula is C12H24N2O3. The van der Waals surface area contributed by atoms with Crippen molar-refractivity contribution in [1.82, 2.24) is 10.2 Å². The Morgan fingerprint density at radius 3 is 2.47 bits per heavy atom. The Hall–Kier alpha value is -1.10. The van der Waals surface area contributed by atoms with Crippen LogP contribution in [0.3, 0.4) is 0 Å². The summed E-state index contributed by atoms with van der Waals surface area (Å²) in [5, 5.41) is 3.19. The van der Waals surface area contributed by atoms with Crippen molar-refractivity contribution >= 4 is 11.9 Å². The highest BCUT2D eigenvalue weighted by Gasteiger charge is 2.09. The highest BCUT2D eigenvalue weighted by molar-refractivity contribution is 5.76. The molecule has 0 radical (unpaired) electrons. The second-order valence-corrected chi connectivity index (χ2v) is 4.35. The molecule has 100 valence electrons. The molecule has 0 aliphatic heterocycles. The van der Waals surface area contributed by atoms with Gasteiger partial charge in [-0.2, -0.15) is 0 Å². The molecule has 0 heterocycles. The number of rotatable bonds is 8. The zero-order chi connectivity index (χ0) is 13.3. The van der Waals surface area contributed by atoms with E-state index >= 15 is 0 Å². The Kier molecular flexibility index (Phi) is 8.40. The van der Waals surface area contributed by atoms with E-state index < -0.39 is 0 Å². The van der Waals surface area contributed by atoms with Crippen LogP contribution in [0, 0.1) is 0 Å². The second-order valence-electron chi connectivity index (χ2n) is 4.35. The molecule has 0 aliphatic carbocycles. The van der Waals surface area contributed by atoms with Crippen LogP contribution in [0.15, 0.2) is 0 Å². The fourth-order valence-electron chi connectivity index (χ4n) is 1.35. The van der Waals surface area contributed by atoms with E-state index in [0.29, 0.717) is 38.4 Å². The maximum Gasteiger partial charge on any atom is 0.305 e. The summed E-state index contributed by atoms with van der Waals surface area (Å²) in [6, 6.07) is 0.396. The highest BCUT2D eigenvalue weighted by Crippen LogP contribution is 1.97. The van der Waals surface area contributed by atoms with Crippen LogP contribution in [0.2, 0.25) is 0 Å². The van der Waals surface area contributed by atoms with Gasteiger partial charge in [-0.25, -0.2) is 0 Å². The SMILES string of the molecule is COC(=O)CCCN(C)C(=O)CCNC(C)C. The molecule has 5 nitrogen and oxygen atoms in total. The normalized spacial score (nSPS) is 10.4. The molecule has 1 amide bonds. The summed E-state index contributed by atoms with van der Waals surface area (Å²) in [4.78, 5) is 24.2. The van der Waals surface area contributed by atoms with Crippen LogP contribution in [0.25, 0.3) is 0 Å². The van der Waals surface area contributed by atoms with Crippen LogP contribution in [-0.2, 0) is 14.3 Å². The van der Waals surface area contributed by atoms with E-state index in [4.69, 9.17) is 0 Å². The number of methoxy groups -OCH3 is 1. The molecule has 0 saturated carbocycles. The molecular weight excluding hydrogens is 220 g/mol. The minimum absolute atomic E-state index is 0.100. The van der Waals surface area contributed by atoms with Crippen LogP contribution < -0.4 is 5.32 Å². The predicted molar refractivity (Wildman–Crippen MR) is 66.6 cm³/mol. The van der Waals surface area contributed by atoms with Gasteiger partial charge in [-0.3, -0.25) is 9.59 Å². The molecule has 0 aromatic heterocycles. The molecule has 0 bridgehead atoms. The summed E-state index contributed by atoms with van der Waals surface area (Å²) >= 11 is 0. The first-order valence-electron chi connectivity index (χ1n) is 6.01. The van der Waals surface area contributed by atoms with Gasteiger partial charge in [0.2, 0.25) is 5.91 Å². The van der Waals surface area contributed by atoms with Crippen LogP contribution in [-0.4, -0.2) is 50.1 Å². The number of nitrogens with one attached hydrogen (secondary N) is 1. The smallest absolute Gasteiger partial charge is 0.305 e. The van der Waals surface area contributed by atoms with E-state index in [2.05, 4.69) is 10.1 Å². The summed E-state index contributed by atoms with van der Waals surface area (Å²) < 4.78 is 4.53. The molecule has 0 aliphatic rings. The largest absolute Gasteiger partial charge is 0.469 e. The number of ether oxygens (including phenoxy) is 1. The third-order valence-electron chi connectivity index (χ3n) is 2.42. The number of hydrogen-bond acceptors (Lipinski definition) is 4. The first-order valence-corrected chi connectivity index (χ1v) is 6.01. The molecule has 17 heavy (non-hydrogen) atoms. The lowest BCUT2D eigenvalue weighted by Gasteiger charge is -2.17. The second kappa shape index (κ2) is 8.98. The summed E-state index contributed by atoms with van der Waals surface area (Å²) in [5.74, 6) is -0.129. The molecule has 1 N–H and O–H groups in total. The molecule has 0 atom stereocenters. The van der Waals surface area contributed by atoms with Crippen molar-refractivity contribution < 1.29 is 14.3 Å². The maximum absolute atomic E-state index is 11.6. The van der Waals surface area contributed by atoms with Gasteiger partial charge < -0.3 is 15.0 Å². The number of nitrogens with zero attached hydrogens (tertiary/aromatic N) is 1. The van der Waals surface area contributed by atoms with Crippen molar-refractivity contribution in [3.05, 3.63) is 0 Å². The highest BCUT2D eigenvalue weighted by atomic mass is 16.5. The Labute approximate surface area is 103 Å². The van der Waals surface area contributed by atoms with E-state index in [9.17, 15) is 9.59 Å². The van der Waals surface area contributed by atoms with Gasteiger partial charge in [-0.15, -0.1) is 0 Å². The molecule has 0 unspecified atom stereocenters. The van der Waals surface area contributed by atoms with Crippen molar-refractivity contribution in [2.24, 2.45) is 0 Å². The molecule has 0 spiro atoms. The summed E-state index contributed by atoms with van der Waals surface area (Å²) in [6.45, 7) is 5.38. The van der Waals surface area contributed by atoms with E-state index in [-0.39, 0.29) is 11.9 Å². The third-order valence-corrected chi connectivity index (χ3v) is 2.42. The number of amides is 1. The lowest BCUT2D eigenvalue weighted by molar-refractivity contribution is -0.141. The van der Waals surface area contributed by atoms with E-state index in [1.165, 1.54) is 7.11 Å². The summed E-state index contributed by atoms with van der Waals surface area (Å²) in [6.07, 6.45) is 1.50. The fraction of sp³-hybridized carbons (Fsp3) is 0.833. The maximum atomic E-state index is 11.6. The van der Waals surface area contributed by atoms with Crippen LogP contribution >= 0.6 is 0 Å². The number of carbonyl (C=O) groups excluding carboxylic acids is 2. The lowest BCUT2D eigenvalue weighted by Crippen LogP contribution is -2.32. The zero-order valence-corrected chi connectivity index (χ0v) is 11.3. The zero-order valence-electron chi connectivity index (χ0n) is 11.3. The van der Waals surface area contributed by atoms with Gasteiger partial charge in [0.25, 0.3) is 0 Å². The molecule has 0 rings (SSSR count). The summed E-state index contributed by atoms with van der Waals surface area (Å²) in [7, 11) is 3.13. The standard InChI is InChI=1S/C12H24N2O3/c1-10(2)13-8-7-11(15)14(3)9-5-6-12(16)17-4/h10,13H,5-9H2,1-4H3. The lowest BCUT2D eigenvalue weighted by atomic mass is 10.2. The van der Waals surface area contributed by atoms with Gasteiger partial charge in [-0.1, -0.05) is 13.8 Å². The number of carbonyl (C=O) groups is 2. The fourth-order valence-corrected chi connectivity index (χ4v) is 1.35. The first-order chi connectivity index (χ1) is 7.97. The molecule has 0 aromatic carbocycles. The molecule has 0 aromatic rings. The predicted octanol–water partition coefficient (Wildman–Crippen LogP) is 0.786. The Morgan fingerprint density at radius 2 is 1.94 bits per heavy atom. The van der Waals surface area contributed by atoms with Gasteiger partial charge in [-0.05, 0) is 6.42 Å². The Balaban J connectivity index is 3.63. The van der Waals surface area contributed by atoms with Crippen molar-refractivity contribution in [1.29, 1.82) is 0 Å². The van der Waals surface area contributed by atoms with Crippen LogP contribution in [0.1, 0.15) is 33.1 Å². The van der Waals surface area contributed by atoms with E-state index in [0.717, 1.165) is 0 Å². The van der Waals surface area contributed by atoms with Crippen LogP contribution in [0.4, 0.5) is 0 Å². The molecule has 5 heteroatoms. The minimum atomic E-state index is -0.229. The molecule has 0 saturated heterocycles.